The average molecular weight is 200 g/mol. The zero-order valence-corrected chi connectivity index (χ0v) is 8.35. The summed E-state index contributed by atoms with van der Waals surface area (Å²) in [6.07, 6.45) is 7.96. The fourth-order valence-corrected chi connectivity index (χ4v) is 0.971. The molecule has 0 heterocycles. The molecular weight excluding hydrogens is 184 g/mol. The molecule has 1 N–H and O–H groups in total. The summed E-state index contributed by atoms with van der Waals surface area (Å²) in [5.41, 5.74) is 0. The minimum Gasteiger partial charge on any atom is -0.358 e. The Kier molecular flexibility index (Phi) is 7.40. The van der Waals surface area contributed by atoms with Gasteiger partial charge in [-0.1, -0.05) is 31.9 Å². The van der Waals surface area contributed by atoms with Gasteiger partial charge in [-0.25, -0.2) is 0 Å². The van der Waals surface area contributed by atoms with Crippen LogP contribution in [0.1, 0.15) is 39.0 Å². The molecule has 5 heteroatoms. The molecule has 0 saturated carbocycles. The lowest BCUT2D eigenvalue weighted by molar-refractivity contribution is -0.354. The van der Waals surface area contributed by atoms with E-state index in [0.29, 0.717) is 0 Å². The number of nitrogens with zero attached hydrogens (tertiary/aromatic N) is 2. The van der Waals surface area contributed by atoms with Gasteiger partial charge in [-0.15, -0.1) is 0 Å². The van der Waals surface area contributed by atoms with Crippen LogP contribution in [0, 0.1) is 10.1 Å². The molecule has 0 rings (SSSR count). The number of unbranched alkanes of at least 4 members (excludes halogenated alkanes) is 3. The standard InChI is InChI=1S/C9H16N2O3/c1-2-3-4-5-6-7-8-9(10-12)11(13)14/h6-7,12H,2-5,8H2,1H3/b7-6+,10-9-. The highest BCUT2D eigenvalue weighted by Crippen LogP contribution is 2.00. The first-order valence-corrected chi connectivity index (χ1v) is 4.72. The van der Waals surface area contributed by atoms with E-state index >= 15 is 0 Å². The molecule has 0 aromatic rings. The summed E-state index contributed by atoms with van der Waals surface area (Å²) >= 11 is 0. The highest BCUT2D eigenvalue weighted by atomic mass is 16.6. The van der Waals surface area contributed by atoms with Crippen LogP contribution in [0.3, 0.4) is 0 Å². The van der Waals surface area contributed by atoms with Crippen LogP contribution >= 0.6 is 0 Å². The summed E-state index contributed by atoms with van der Waals surface area (Å²) in [7, 11) is 0. The third-order valence-electron chi connectivity index (χ3n) is 1.77. The fraction of sp³-hybridized carbons (Fsp3) is 0.667. The molecule has 0 radical (unpaired) electrons. The van der Waals surface area contributed by atoms with Gasteiger partial charge in [-0.05, 0) is 17.8 Å². The van der Waals surface area contributed by atoms with Crippen molar-refractivity contribution in [3.05, 3.63) is 22.3 Å². The predicted molar refractivity (Wildman–Crippen MR) is 54.1 cm³/mol. The molecule has 0 aliphatic heterocycles. The SMILES string of the molecule is CCCCC/C=C/C/C(=N/O)[N+](=O)[O-]. The van der Waals surface area contributed by atoms with Crippen LogP contribution < -0.4 is 0 Å². The first-order chi connectivity index (χ1) is 6.72. The Morgan fingerprint density at radius 2 is 2.21 bits per heavy atom. The topological polar surface area (TPSA) is 75.7 Å². The lowest BCUT2D eigenvalue weighted by atomic mass is 10.2. The summed E-state index contributed by atoms with van der Waals surface area (Å²) in [5, 5.41) is 21.0. The van der Waals surface area contributed by atoms with Gasteiger partial charge in [0.1, 0.15) is 0 Å². The maximum Gasteiger partial charge on any atom is 0.388 e. The normalized spacial score (nSPS) is 12.2. The maximum absolute atomic E-state index is 10.2. The van der Waals surface area contributed by atoms with E-state index in [9.17, 15) is 10.1 Å². The molecule has 0 saturated heterocycles. The van der Waals surface area contributed by atoms with Gasteiger partial charge in [-0.2, -0.15) is 0 Å². The van der Waals surface area contributed by atoms with E-state index in [2.05, 4.69) is 12.1 Å². The predicted octanol–water partition coefficient (Wildman–Crippen LogP) is 2.58. The molecule has 0 amide bonds. The number of hydrogen-bond acceptors (Lipinski definition) is 4. The van der Waals surface area contributed by atoms with Crippen LogP contribution in [0.2, 0.25) is 0 Å². The van der Waals surface area contributed by atoms with Crippen LogP contribution in [-0.4, -0.2) is 16.0 Å². The molecule has 0 spiro atoms. The van der Waals surface area contributed by atoms with Crippen molar-refractivity contribution in [1.29, 1.82) is 0 Å². The first kappa shape index (κ1) is 12.6. The highest BCUT2D eigenvalue weighted by molar-refractivity contribution is 5.74. The van der Waals surface area contributed by atoms with Crippen molar-refractivity contribution < 1.29 is 10.1 Å². The summed E-state index contributed by atoms with van der Waals surface area (Å²) < 4.78 is 0. The van der Waals surface area contributed by atoms with Gasteiger partial charge in [0.15, 0.2) is 5.16 Å². The van der Waals surface area contributed by atoms with Crippen LogP contribution in [0.25, 0.3) is 0 Å². The van der Waals surface area contributed by atoms with Crippen LogP contribution in [-0.2, 0) is 0 Å². The Labute approximate surface area is 83.3 Å². The molecule has 0 bridgehead atoms. The highest BCUT2D eigenvalue weighted by Gasteiger charge is 2.08. The largest absolute Gasteiger partial charge is 0.388 e. The minimum atomic E-state index is -0.684. The zero-order valence-electron chi connectivity index (χ0n) is 8.35. The van der Waals surface area contributed by atoms with Gasteiger partial charge in [0.2, 0.25) is 0 Å². The number of nitro groups is 1. The first-order valence-electron chi connectivity index (χ1n) is 4.72. The van der Waals surface area contributed by atoms with E-state index in [-0.39, 0.29) is 6.42 Å². The Morgan fingerprint density at radius 3 is 2.71 bits per heavy atom. The number of allylic oxidation sites excluding steroid dienone is 1. The van der Waals surface area contributed by atoms with E-state index in [0.717, 1.165) is 19.3 Å². The number of hydrogen-bond donors (Lipinski definition) is 1. The van der Waals surface area contributed by atoms with Crippen molar-refractivity contribution in [2.24, 2.45) is 5.16 Å². The molecule has 0 fully saturated rings. The van der Waals surface area contributed by atoms with E-state index in [1.807, 2.05) is 6.08 Å². The number of oxime groups is 1. The van der Waals surface area contributed by atoms with Gasteiger partial charge in [0.05, 0.1) is 6.42 Å². The molecule has 0 atom stereocenters. The van der Waals surface area contributed by atoms with Gasteiger partial charge >= 0.3 is 5.84 Å². The number of amidine groups is 1. The monoisotopic (exact) mass is 200 g/mol. The second kappa shape index (κ2) is 8.22. The zero-order chi connectivity index (χ0) is 10.8. The van der Waals surface area contributed by atoms with Gasteiger partial charge in [-0.3, -0.25) is 0 Å². The molecule has 80 valence electrons. The van der Waals surface area contributed by atoms with Crippen molar-refractivity contribution >= 4 is 5.84 Å². The maximum atomic E-state index is 10.2. The van der Waals surface area contributed by atoms with Crippen molar-refractivity contribution in [2.75, 3.05) is 0 Å². The Bertz CT molecular complexity index is 224. The summed E-state index contributed by atoms with van der Waals surface area (Å²) in [5.74, 6) is -0.420. The molecule has 5 nitrogen and oxygen atoms in total. The average Bonchev–Trinajstić information content (AvgIpc) is 2.16. The van der Waals surface area contributed by atoms with Crippen molar-refractivity contribution in [3.8, 4) is 0 Å². The molecule has 0 aliphatic carbocycles. The summed E-state index contributed by atoms with van der Waals surface area (Å²) in [4.78, 5) is 9.49. The Morgan fingerprint density at radius 1 is 1.50 bits per heavy atom. The fourth-order valence-electron chi connectivity index (χ4n) is 0.971. The summed E-state index contributed by atoms with van der Waals surface area (Å²) in [6.45, 7) is 2.12. The van der Waals surface area contributed by atoms with E-state index in [1.165, 1.54) is 6.42 Å². The second-order valence-electron chi connectivity index (χ2n) is 2.94. The quantitative estimate of drug-likeness (QED) is 0.136. The third kappa shape index (κ3) is 6.16. The summed E-state index contributed by atoms with van der Waals surface area (Å²) in [6, 6.07) is 0. The number of rotatable bonds is 6. The van der Waals surface area contributed by atoms with Crippen LogP contribution in [0.4, 0.5) is 0 Å². The van der Waals surface area contributed by atoms with Crippen molar-refractivity contribution in [1.82, 2.24) is 0 Å². The second-order valence-corrected chi connectivity index (χ2v) is 2.94. The third-order valence-corrected chi connectivity index (χ3v) is 1.77. The molecule has 0 aromatic carbocycles. The van der Waals surface area contributed by atoms with Gasteiger partial charge in [0.25, 0.3) is 0 Å². The molecule has 14 heavy (non-hydrogen) atoms. The Balaban J connectivity index is 3.65. The van der Waals surface area contributed by atoms with Crippen molar-refractivity contribution in [2.45, 2.75) is 39.0 Å². The minimum absolute atomic E-state index is 0.0790. The van der Waals surface area contributed by atoms with E-state index in [1.54, 1.807) is 6.08 Å². The lowest BCUT2D eigenvalue weighted by Crippen LogP contribution is -2.10. The molecule has 0 aliphatic rings. The molecular formula is C9H16N2O3. The smallest absolute Gasteiger partial charge is 0.358 e. The van der Waals surface area contributed by atoms with Crippen molar-refractivity contribution in [3.63, 3.8) is 0 Å². The molecule has 0 unspecified atom stereocenters. The van der Waals surface area contributed by atoms with Crippen LogP contribution in [0.15, 0.2) is 17.3 Å². The molecule has 0 aromatic heterocycles. The van der Waals surface area contributed by atoms with E-state index < -0.39 is 10.8 Å². The Hall–Kier alpha value is -1.39. The lowest BCUT2D eigenvalue weighted by Gasteiger charge is -1.92. The van der Waals surface area contributed by atoms with Crippen LogP contribution in [0.5, 0.6) is 0 Å². The van der Waals surface area contributed by atoms with E-state index in [4.69, 9.17) is 5.21 Å². The van der Waals surface area contributed by atoms with Gasteiger partial charge < -0.3 is 15.3 Å². The van der Waals surface area contributed by atoms with Gasteiger partial charge in [0, 0.05) is 0 Å².